The van der Waals surface area contributed by atoms with E-state index in [4.69, 9.17) is 21.1 Å². The van der Waals surface area contributed by atoms with Gasteiger partial charge in [0.15, 0.2) is 5.65 Å². The van der Waals surface area contributed by atoms with Crippen molar-refractivity contribution >= 4 is 67.2 Å². The van der Waals surface area contributed by atoms with E-state index in [1.807, 2.05) is 29.2 Å². The smallest absolute Gasteiger partial charge is 0.293 e. The molecule has 0 saturated carbocycles. The molecule has 2 saturated heterocycles. The largest absolute Gasteiger partial charge is 0.475 e. The Kier molecular flexibility index (Phi) is 12.7. The Balaban J connectivity index is 0.986. The third-order valence-electron chi connectivity index (χ3n) is 13.0. The van der Waals surface area contributed by atoms with Crippen LogP contribution in [0.4, 0.5) is 28.4 Å². The molecule has 5 heterocycles. The van der Waals surface area contributed by atoms with Crippen molar-refractivity contribution in [1.29, 1.82) is 0 Å². The van der Waals surface area contributed by atoms with Gasteiger partial charge in [0.1, 0.15) is 17.7 Å². The minimum Gasteiger partial charge on any atom is -0.475 e. The van der Waals surface area contributed by atoms with E-state index >= 15 is 0 Å². The minimum absolute atomic E-state index is 0.0799. The van der Waals surface area contributed by atoms with Gasteiger partial charge >= 0.3 is 0 Å². The second-order valence-corrected chi connectivity index (χ2v) is 20.1. The number of nitrogens with one attached hydrogen (secondary N) is 2. The fourth-order valence-corrected chi connectivity index (χ4v) is 10.4. The van der Waals surface area contributed by atoms with Crippen molar-refractivity contribution < 1.29 is 27.6 Å². The number of carbonyl (C=O) groups excluding carboxylic acids is 1. The van der Waals surface area contributed by atoms with E-state index in [1.54, 1.807) is 12.1 Å². The second kappa shape index (κ2) is 18.6. The molecule has 3 aliphatic heterocycles. The molecule has 0 atom stereocenters. The van der Waals surface area contributed by atoms with Gasteiger partial charge in [-0.25, -0.2) is 18.1 Å². The van der Waals surface area contributed by atoms with Crippen molar-refractivity contribution in [3.63, 3.8) is 0 Å². The Morgan fingerprint density at radius 2 is 1.75 bits per heavy atom. The van der Waals surface area contributed by atoms with Crippen LogP contribution in [-0.2, 0) is 14.8 Å². The number of aromatic nitrogens is 4. The van der Waals surface area contributed by atoms with Crippen LogP contribution in [0.1, 0.15) is 68.3 Å². The molecular weight excluding hydrogens is 872 g/mol. The first-order valence-electron chi connectivity index (χ1n) is 22.2. The summed E-state index contributed by atoms with van der Waals surface area (Å²) in [7, 11) is -4.58. The van der Waals surface area contributed by atoms with Crippen LogP contribution in [0, 0.1) is 21.4 Å². The number of hydrogen-bond acceptors (Lipinski definition) is 14. The molecule has 2 fully saturated rings. The molecule has 342 valence electrons. The molecule has 4 aliphatic rings. The third-order valence-corrected chi connectivity index (χ3v) is 14.5. The summed E-state index contributed by atoms with van der Waals surface area (Å²) in [5.74, 6) is -0.344. The summed E-state index contributed by atoms with van der Waals surface area (Å²) in [5.41, 5.74) is 6.50. The molecule has 3 aromatic carbocycles. The van der Waals surface area contributed by atoms with Crippen molar-refractivity contribution in [2.24, 2.45) is 11.3 Å². The SMILES string of the molecule is CC1(C)CCC(CN2CCN(c3ccc(C(=O)NS(=O)(=O)c4ccc(NCC5CCOCC5)c([N+](=O)[O-])c4)c(N4CCCOc5nn6ncnc6cc54)c3)CC2)=C(c2ccc(Cl)cc2)C1. The van der Waals surface area contributed by atoms with E-state index in [-0.39, 0.29) is 28.5 Å². The second-order valence-electron chi connectivity index (χ2n) is 18.0. The number of halogens is 1. The zero-order valence-electron chi connectivity index (χ0n) is 36.5. The number of sulfonamides is 1. The monoisotopic (exact) mass is 924 g/mol. The van der Waals surface area contributed by atoms with Gasteiger partial charge in [-0.1, -0.05) is 43.2 Å². The number of ether oxygens (including phenoxy) is 2. The number of amides is 1. The summed E-state index contributed by atoms with van der Waals surface area (Å²) < 4.78 is 42.9. The third kappa shape index (κ3) is 9.90. The first-order chi connectivity index (χ1) is 31.3. The summed E-state index contributed by atoms with van der Waals surface area (Å²) in [6, 6.07) is 19.0. The van der Waals surface area contributed by atoms with Gasteiger partial charge in [-0.2, -0.15) is 0 Å². The number of carbonyl (C=O) groups is 1. The van der Waals surface area contributed by atoms with Crippen molar-refractivity contribution in [2.75, 3.05) is 80.8 Å². The Bertz CT molecular complexity index is 2730. The van der Waals surface area contributed by atoms with Crippen LogP contribution in [-0.4, -0.2) is 110 Å². The van der Waals surface area contributed by atoms with Crippen molar-refractivity contribution in [1.82, 2.24) is 29.4 Å². The van der Waals surface area contributed by atoms with Crippen LogP contribution < -0.4 is 24.6 Å². The average Bonchev–Trinajstić information content (AvgIpc) is 3.66. The van der Waals surface area contributed by atoms with Gasteiger partial charge < -0.3 is 24.6 Å². The number of nitro benzene ring substituents is 1. The molecule has 2 aromatic heterocycles. The van der Waals surface area contributed by atoms with Crippen molar-refractivity contribution in [3.05, 3.63) is 105 Å². The molecule has 0 spiro atoms. The van der Waals surface area contributed by atoms with Gasteiger partial charge in [0.25, 0.3) is 27.5 Å². The predicted molar refractivity (Wildman–Crippen MR) is 249 cm³/mol. The Labute approximate surface area is 382 Å². The highest BCUT2D eigenvalue weighted by atomic mass is 35.5. The number of fused-ring (bicyclic) bond motifs is 2. The molecule has 17 nitrogen and oxygen atoms in total. The summed E-state index contributed by atoms with van der Waals surface area (Å²) in [5, 5.41) is 24.8. The molecule has 0 unspecified atom stereocenters. The molecule has 19 heteroatoms. The Morgan fingerprint density at radius 1 is 0.969 bits per heavy atom. The standard InChI is InChI=1S/C46H53ClN10O7S/c1-46(2)15-12-33(38(27-46)32-4-6-34(47)7-5-32)29-53-17-19-54(20-18-53)35-8-10-37(40(24-35)55-16-3-21-64-45-42(55)26-43-49-30-50-56(43)51-45)44(58)52-65(61,62)36-9-11-39(41(25-36)57(59)60)48-28-31-13-22-63-23-14-31/h4-11,24-26,30-31,48H,3,12-23,27-29H2,1-2H3,(H,52,58). The molecule has 0 radical (unpaired) electrons. The number of rotatable bonds is 12. The molecule has 2 N–H and O–H groups in total. The normalized spacial score (nSPS) is 18.5. The van der Waals surface area contributed by atoms with Crippen LogP contribution in [0.15, 0.2) is 83.5 Å². The van der Waals surface area contributed by atoms with E-state index < -0.39 is 31.4 Å². The van der Waals surface area contributed by atoms with E-state index in [9.17, 15) is 23.3 Å². The van der Waals surface area contributed by atoms with Gasteiger partial charge in [0.05, 0.1) is 27.7 Å². The highest BCUT2D eigenvalue weighted by Gasteiger charge is 2.32. The molecule has 0 bridgehead atoms. The quantitative estimate of drug-likeness (QED) is 0.0933. The molecule has 9 rings (SSSR count). The van der Waals surface area contributed by atoms with Crippen LogP contribution in [0.3, 0.4) is 0 Å². The van der Waals surface area contributed by atoms with E-state index in [0.29, 0.717) is 56.4 Å². The van der Waals surface area contributed by atoms with Crippen LogP contribution in [0.25, 0.3) is 11.2 Å². The molecule has 1 aliphatic carbocycles. The van der Waals surface area contributed by atoms with E-state index in [0.717, 1.165) is 81.6 Å². The lowest BCUT2D eigenvalue weighted by Crippen LogP contribution is -2.47. The fourth-order valence-electron chi connectivity index (χ4n) is 9.25. The van der Waals surface area contributed by atoms with Crippen LogP contribution >= 0.6 is 11.6 Å². The molecule has 5 aromatic rings. The van der Waals surface area contributed by atoms with Crippen molar-refractivity contribution in [2.45, 2.75) is 57.3 Å². The first-order valence-corrected chi connectivity index (χ1v) is 24.0. The number of allylic oxidation sites excluding steroid dienone is 1. The summed E-state index contributed by atoms with van der Waals surface area (Å²) in [6.07, 6.45) is 6.78. The number of benzene rings is 3. The van der Waals surface area contributed by atoms with Gasteiger partial charge in [-0.15, -0.1) is 14.8 Å². The maximum absolute atomic E-state index is 14.4. The van der Waals surface area contributed by atoms with Gasteiger partial charge in [0, 0.05) is 81.9 Å². The lowest BCUT2D eigenvalue weighted by atomic mass is 9.72. The highest BCUT2D eigenvalue weighted by Crippen LogP contribution is 2.44. The Hall–Kier alpha value is -5.82. The lowest BCUT2D eigenvalue weighted by molar-refractivity contribution is -0.384. The van der Waals surface area contributed by atoms with Crippen LogP contribution in [0.2, 0.25) is 5.02 Å². The lowest BCUT2D eigenvalue weighted by Gasteiger charge is -2.39. The van der Waals surface area contributed by atoms with Crippen LogP contribution in [0.5, 0.6) is 5.88 Å². The Morgan fingerprint density at radius 3 is 2.52 bits per heavy atom. The van der Waals surface area contributed by atoms with E-state index in [1.165, 1.54) is 39.8 Å². The van der Waals surface area contributed by atoms with Gasteiger partial charge in [-0.05, 0) is 103 Å². The molecule has 1 amide bonds. The first kappa shape index (κ1) is 44.4. The van der Waals surface area contributed by atoms with Gasteiger partial charge in [-0.3, -0.25) is 19.8 Å². The van der Waals surface area contributed by atoms with E-state index in [2.05, 4.69) is 61.0 Å². The number of piperazine rings is 1. The summed E-state index contributed by atoms with van der Waals surface area (Å²) >= 11 is 6.27. The number of nitrogens with zero attached hydrogens (tertiary/aromatic N) is 8. The molecule has 65 heavy (non-hydrogen) atoms. The fraction of sp³-hybridized carbons (Fsp3) is 0.435. The maximum Gasteiger partial charge on any atom is 0.293 e. The summed E-state index contributed by atoms with van der Waals surface area (Å²) in [4.78, 5) is 36.5. The minimum atomic E-state index is -4.58. The zero-order valence-corrected chi connectivity index (χ0v) is 38.1. The molecular formula is C46H53ClN10O7S. The number of nitro groups is 1. The van der Waals surface area contributed by atoms with Crippen molar-refractivity contribution in [3.8, 4) is 5.88 Å². The average molecular weight is 926 g/mol. The van der Waals surface area contributed by atoms with Gasteiger partial charge in [0.2, 0.25) is 0 Å². The number of anilines is 4. The topological polar surface area (TPSA) is 190 Å². The maximum atomic E-state index is 14.4. The summed E-state index contributed by atoms with van der Waals surface area (Å²) in [6.45, 7) is 11.2. The predicted octanol–water partition coefficient (Wildman–Crippen LogP) is 7.35. The highest BCUT2D eigenvalue weighted by molar-refractivity contribution is 7.90. The zero-order chi connectivity index (χ0) is 45.3. The number of hydrogen-bond donors (Lipinski definition) is 2.